The molecule has 0 bridgehead atoms. The second-order valence-electron chi connectivity index (χ2n) is 10.2. The number of rotatable bonds is 4. The lowest BCUT2D eigenvalue weighted by atomic mass is 9.46. The number of carbonyl (C=O) groups excluding carboxylic acids is 1. The van der Waals surface area contributed by atoms with Crippen LogP contribution in [0.5, 0.6) is 0 Å². The van der Waals surface area contributed by atoms with Crippen molar-refractivity contribution in [3.05, 3.63) is 11.6 Å². The number of aliphatic carboxylic acids is 1. The van der Waals surface area contributed by atoms with Gasteiger partial charge in [0, 0.05) is 5.41 Å². The van der Waals surface area contributed by atoms with Crippen LogP contribution in [0.1, 0.15) is 72.1 Å². The number of hydrogen-bond donors (Lipinski definition) is 2. The van der Waals surface area contributed by atoms with Crippen molar-refractivity contribution < 1.29 is 24.6 Å². The third kappa shape index (κ3) is 2.97. The van der Waals surface area contributed by atoms with E-state index in [-0.39, 0.29) is 16.6 Å². The predicted octanol–water partition coefficient (Wildman–Crippen LogP) is 3.73. The third-order valence-corrected chi connectivity index (χ3v) is 9.08. The summed E-state index contributed by atoms with van der Waals surface area (Å²) in [5.41, 5.74) is 0.903. The van der Waals surface area contributed by atoms with E-state index in [1.54, 1.807) is 6.92 Å². The van der Waals surface area contributed by atoms with Gasteiger partial charge in [0.05, 0.1) is 5.71 Å². The molecule has 0 aromatic carbocycles. The smallest absolute Gasteiger partial charge is 0.344 e. The number of fused-ring (bicyclic) bond motifs is 5. The molecule has 3 saturated carbocycles. The molecule has 0 amide bonds. The van der Waals surface area contributed by atoms with Gasteiger partial charge in [-0.15, -0.1) is 0 Å². The zero-order valence-corrected chi connectivity index (χ0v) is 17.7. The number of nitrogens with zero attached hydrogens (tertiary/aromatic N) is 1. The second kappa shape index (κ2) is 6.93. The molecular weight excluding hydrogens is 370 g/mol. The van der Waals surface area contributed by atoms with Crippen molar-refractivity contribution in [1.82, 2.24) is 0 Å². The highest BCUT2D eigenvalue weighted by Crippen LogP contribution is 2.67. The standard InChI is InChI=1S/C23H33NO5/c1-14(25)23(28)11-8-19-17-5-4-15-12-16(24-29-13-20(26)27)6-9-21(15,2)18(17)7-10-22(19,23)3/h12,17-19,28H,4-11,13H2,1-3H3,(H,26,27)/b24-16+/t17-,18+,19+,21+,22+,23+/m0/s1. The Morgan fingerprint density at radius 2 is 1.86 bits per heavy atom. The van der Waals surface area contributed by atoms with E-state index in [1.165, 1.54) is 5.57 Å². The maximum Gasteiger partial charge on any atom is 0.344 e. The fourth-order valence-corrected chi connectivity index (χ4v) is 7.41. The van der Waals surface area contributed by atoms with Crippen LogP contribution in [0.4, 0.5) is 0 Å². The Hall–Kier alpha value is -1.69. The predicted molar refractivity (Wildman–Crippen MR) is 108 cm³/mol. The van der Waals surface area contributed by atoms with Crippen molar-refractivity contribution in [3.8, 4) is 0 Å². The first-order chi connectivity index (χ1) is 13.6. The summed E-state index contributed by atoms with van der Waals surface area (Å²) in [7, 11) is 0. The highest BCUT2D eigenvalue weighted by Gasteiger charge is 2.65. The maximum absolute atomic E-state index is 12.3. The average Bonchev–Trinajstić information content (AvgIpc) is 2.94. The van der Waals surface area contributed by atoms with Crippen molar-refractivity contribution in [3.63, 3.8) is 0 Å². The van der Waals surface area contributed by atoms with E-state index in [0.29, 0.717) is 24.2 Å². The zero-order valence-electron chi connectivity index (χ0n) is 17.7. The van der Waals surface area contributed by atoms with Gasteiger partial charge in [0.25, 0.3) is 0 Å². The third-order valence-electron chi connectivity index (χ3n) is 9.08. The maximum atomic E-state index is 12.3. The van der Waals surface area contributed by atoms with Crippen molar-refractivity contribution >= 4 is 17.5 Å². The highest BCUT2D eigenvalue weighted by atomic mass is 16.6. The van der Waals surface area contributed by atoms with E-state index in [4.69, 9.17) is 9.94 Å². The molecule has 4 rings (SSSR count). The van der Waals surface area contributed by atoms with Gasteiger partial charge in [-0.25, -0.2) is 4.79 Å². The fourth-order valence-electron chi connectivity index (χ4n) is 7.41. The van der Waals surface area contributed by atoms with Gasteiger partial charge >= 0.3 is 5.97 Å². The first-order valence-corrected chi connectivity index (χ1v) is 11.0. The summed E-state index contributed by atoms with van der Waals surface area (Å²) >= 11 is 0. The summed E-state index contributed by atoms with van der Waals surface area (Å²) in [6.07, 6.45) is 9.50. The fraction of sp³-hybridized carbons (Fsp3) is 0.783. The topological polar surface area (TPSA) is 96.2 Å². The van der Waals surface area contributed by atoms with Crippen LogP contribution in [-0.2, 0) is 14.4 Å². The number of allylic oxidation sites excluding steroid dienone is 2. The number of Topliss-reactive ketones (excluding diaryl/α,β-unsaturated/α-hetero) is 1. The molecule has 0 spiro atoms. The Bertz CT molecular complexity index is 788. The zero-order chi connectivity index (χ0) is 21.0. The van der Waals surface area contributed by atoms with Crippen LogP contribution in [-0.4, -0.2) is 39.9 Å². The number of ketones is 1. The lowest BCUT2D eigenvalue weighted by Gasteiger charge is -2.59. The summed E-state index contributed by atoms with van der Waals surface area (Å²) in [4.78, 5) is 27.9. The van der Waals surface area contributed by atoms with Crippen molar-refractivity contribution in [1.29, 1.82) is 0 Å². The van der Waals surface area contributed by atoms with Crippen LogP contribution < -0.4 is 0 Å². The molecule has 6 nitrogen and oxygen atoms in total. The monoisotopic (exact) mass is 403 g/mol. The summed E-state index contributed by atoms with van der Waals surface area (Å²) in [5, 5.41) is 24.0. The summed E-state index contributed by atoms with van der Waals surface area (Å²) in [6.45, 7) is 5.67. The molecule has 0 aromatic rings. The van der Waals surface area contributed by atoms with Crippen LogP contribution in [0.2, 0.25) is 0 Å². The van der Waals surface area contributed by atoms with Gasteiger partial charge in [0.1, 0.15) is 5.60 Å². The Morgan fingerprint density at radius 1 is 1.14 bits per heavy atom. The van der Waals surface area contributed by atoms with Crippen LogP contribution in [0, 0.1) is 28.6 Å². The van der Waals surface area contributed by atoms with Gasteiger partial charge in [-0.3, -0.25) is 4.79 Å². The van der Waals surface area contributed by atoms with Crippen LogP contribution in [0.3, 0.4) is 0 Å². The lowest BCUT2D eigenvalue weighted by molar-refractivity contribution is -0.159. The van der Waals surface area contributed by atoms with Gasteiger partial charge in [-0.1, -0.05) is 24.6 Å². The minimum atomic E-state index is -1.16. The van der Waals surface area contributed by atoms with Gasteiger partial charge < -0.3 is 15.1 Å². The molecule has 0 heterocycles. The minimum absolute atomic E-state index is 0.0663. The number of carbonyl (C=O) groups is 2. The quantitative estimate of drug-likeness (QED) is 0.697. The first-order valence-electron chi connectivity index (χ1n) is 11.0. The van der Waals surface area contributed by atoms with E-state index in [0.717, 1.165) is 50.7 Å². The molecule has 6 heteroatoms. The SMILES string of the molecule is CC(=O)[C@]1(O)CC[C@@H]2[C@H]3CCC4=C/C(=N/OCC(=O)O)CC[C@@]4(C)[C@@H]3CC[C@]21C. The highest BCUT2D eigenvalue weighted by molar-refractivity contribution is 5.96. The molecule has 0 aromatic heterocycles. The van der Waals surface area contributed by atoms with E-state index in [1.807, 2.05) is 0 Å². The number of carboxylic acid groups (broad SMARTS) is 1. The van der Waals surface area contributed by atoms with Gasteiger partial charge in [-0.2, -0.15) is 0 Å². The molecule has 3 fully saturated rings. The van der Waals surface area contributed by atoms with Gasteiger partial charge in [0.2, 0.25) is 6.61 Å². The van der Waals surface area contributed by atoms with E-state index >= 15 is 0 Å². The number of aliphatic hydroxyl groups is 1. The molecular formula is C23H33NO5. The van der Waals surface area contributed by atoms with Crippen molar-refractivity contribution in [2.24, 2.45) is 33.7 Å². The molecule has 160 valence electrons. The Balaban J connectivity index is 1.57. The Kier molecular flexibility index (Phi) is 4.92. The molecule has 0 aliphatic heterocycles. The largest absolute Gasteiger partial charge is 0.479 e. The average molecular weight is 404 g/mol. The van der Waals surface area contributed by atoms with E-state index < -0.39 is 18.2 Å². The van der Waals surface area contributed by atoms with Gasteiger partial charge in [-0.05, 0) is 87.5 Å². The van der Waals surface area contributed by atoms with Gasteiger partial charge in [0.15, 0.2) is 5.78 Å². The number of oxime groups is 1. The molecule has 0 saturated heterocycles. The van der Waals surface area contributed by atoms with Crippen LogP contribution >= 0.6 is 0 Å². The molecule has 0 unspecified atom stereocenters. The summed E-state index contributed by atoms with van der Waals surface area (Å²) in [6, 6.07) is 0. The van der Waals surface area contributed by atoms with Crippen LogP contribution in [0.15, 0.2) is 16.8 Å². The molecule has 6 atom stereocenters. The Morgan fingerprint density at radius 3 is 2.55 bits per heavy atom. The lowest BCUT2D eigenvalue weighted by Crippen LogP contribution is -2.57. The molecule has 4 aliphatic carbocycles. The molecule has 4 aliphatic rings. The molecule has 0 radical (unpaired) electrons. The summed E-state index contributed by atoms with van der Waals surface area (Å²) < 4.78 is 0. The van der Waals surface area contributed by atoms with E-state index in [9.17, 15) is 14.7 Å². The second-order valence-corrected chi connectivity index (χ2v) is 10.2. The molecule has 2 N–H and O–H groups in total. The number of hydrogen-bond acceptors (Lipinski definition) is 5. The Labute approximate surface area is 172 Å². The minimum Gasteiger partial charge on any atom is -0.479 e. The van der Waals surface area contributed by atoms with Crippen LogP contribution in [0.25, 0.3) is 0 Å². The van der Waals surface area contributed by atoms with E-state index in [2.05, 4.69) is 25.1 Å². The van der Waals surface area contributed by atoms with Crippen molar-refractivity contribution in [2.45, 2.75) is 77.7 Å². The normalized spacial score (nSPS) is 45.0. The summed E-state index contributed by atoms with van der Waals surface area (Å²) in [5.74, 6) is 0.434. The number of carboxylic acids is 1. The van der Waals surface area contributed by atoms with Crippen molar-refractivity contribution in [2.75, 3.05) is 6.61 Å². The first kappa shape index (κ1) is 20.6. The molecule has 29 heavy (non-hydrogen) atoms.